The van der Waals surface area contributed by atoms with Crippen LogP contribution in [-0.2, 0) is 6.42 Å². The van der Waals surface area contributed by atoms with Crippen LogP contribution in [0.4, 0.5) is 11.4 Å². The van der Waals surface area contributed by atoms with Crippen LogP contribution < -0.4 is 10.6 Å². The topological polar surface area (TPSA) is 54.0 Å². The standard InChI is InChI=1S/C18H23N3O/c1-5-14-8-6-7-13(4)17(14)21-18(22)16-10-9-15(11-19-16)20-12(2)3/h6-12,20H,5H2,1-4H3,(H,21,22). The number of nitrogens with one attached hydrogen (secondary N) is 2. The molecule has 0 radical (unpaired) electrons. The lowest BCUT2D eigenvalue weighted by molar-refractivity contribution is 0.102. The van der Waals surface area contributed by atoms with Gasteiger partial charge in [-0.25, -0.2) is 4.98 Å². The number of para-hydroxylation sites is 1. The van der Waals surface area contributed by atoms with Gasteiger partial charge in [0.1, 0.15) is 5.69 Å². The molecular formula is C18H23N3O. The summed E-state index contributed by atoms with van der Waals surface area (Å²) < 4.78 is 0. The minimum atomic E-state index is -0.180. The van der Waals surface area contributed by atoms with E-state index in [0.717, 1.165) is 28.9 Å². The molecule has 116 valence electrons. The highest BCUT2D eigenvalue weighted by atomic mass is 16.1. The van der Waals surface area contributed by atoms with Gasteiger partial charge in [-0.05, 0) is 50.5 Å². The summed E-state index contributed by atoms with van der Waals surface area (Å²) >= 11 is 0. The van der Waals surface area contributed by atoms with Crippen molar-refractivity contribution in [3.63, 3.8) is 0 Å². The maximum atomic E-state index is 12.4. The number of carbonyl (C=O) groups excluding carboxylic acids is 1. The minimum absolute atomic E-state index is 0.180. The van der Waals surface area contributed by atoms with Crippen LogP contribution in [0.1, 0.15) is 42.4 Å². The predicted octanol–water partition coefficient (Wildman–Crippen LogP) is 4.03. The van der Waals surface area contributed by atoms with Crippen LogP contribution >= 0.6 is 0 Å². The van der Waals surface area contributed by atoms with E-state index in [4.69, 9.17) is 0 Å². The van der Waals surface area contributed by atoms with Gasteiger partial charge in [-0.2, -0.15) is 0 Å². The van der Waals surface area contributed by atoms with Gasteiger partial charge in [0.25, 0.3) is 5.91 Å². The van der Waals surface area contributed by atoms with E-state index in [-0.39, 0.29) is 5.91 Å². The van der Waals surface area contributed by atoms with Crippen LogP contribution in [0.3, 0.4) is 0 Å². The lowest BCUT2D eigenvalue weighted by atomic mass is 10.1. The first kappa shape index (κ1) is 16.0. The molecule has 2 N–H and O–H groups in total. The van der Waals surface area contributed by atoms with Crippen molar-refractivity contribution in [2.45, 2.75) is 40.2 Å². The number of nitrogens with zero attached hydrogens (tertiary/aromatic N) is 1. The Balaban J connectivity index is 2.16. The van der Waals surface area contributed by atoms with Crippen molar-refractivity contribution in [1.82, 2.24) is 4.98 Å². The Bertz CT molecular complexity index is 648. The van der Waals surface area contributed by atoms with Gasteiger partial charge in [-0.1, -0.05) is 25.1 Å². The van der Waals surface area contributed by atoms with Crippen molar-refractivity contribution >= 4 is 17.3 Å². The number of pyridine rings is 1. The molecule has 2 aromatic rings. The summed E-state index contributed by atoms with van der Waals surface area (Å²) in [6.07, 6.45) is 2.56. The predicted molar refractivity (Wildman–Crippen MR) is 91.5 cm³/mol. The first-order valence-electron chi connectivity index (χ1n) is 7.63. The Hall–Kier alpha value is -2.36. The van der Waals surface area contributed by atoms with E-state index < -0.39 is 0 Å². The zero-order chi connectivity index (χ0) is 16.1. The molecule has 0 bridgehead atoms. The molecule has 2 rings (SSSR count). The number of aromatic nitrogens is 1. The molecule has 0 saturated carbocycles. The highest BCUT2D eigenvalue weighted by Gasteiger charge is 2.11. The van der Waals surface area contributed by atoms with E-state index in [1.165, 1.54) is 0 Å². The summed E-state index contributed by atoms with van der Waals surface area (Å²) in [5.74, 6) is -0.180. The van der Waals surface area contributed by atoms with Gasteiger partial charge in [-0.15, -0.1) is 0 Å². The molecule has 4 nitrogen and oxygen atoms in total. The molecule has 0 aliphatic heterocycles. The molecule has 0 saturated heterocycles. The fourth-order valence-electron chi connectivity index (χ4n) is 2.33. The summed E-state index contributed by atoms with van der Waals surface area (Å²) in [5, 5.41) is 6.24. The third-order valence-corrected chi connectivity index (χ3v) is 3.43. The Morgan fingerprint density at radius 3 is 2.59 bits per heavy atom. The maximum absolute atomic E-state index is 12.4. The molecule has 0 fully saturated rings. The lowest BCUT2D eigenvalue weighted by Crippen LogP contribution is -2.16. The molecule has 1 aromatic carbocycles. The Kier molecular flexibility index (Phi) is 5.15. The Morgan fingerprint density at radius 1 is 1.23 bits per heavy atom. The number of amides is 1. The highest BCUT2D eigenvalue weighted by Crippen LogP contribution is 2.21. The average Bonchev–Trinajstić information content (AvgIpc) is 2.49. The monoisotopic (exact) mass is 297 g/mol. The van der Waals surface area contributed by atoms with Gasteiger partial charge >= 0.3 is 0 Å². The van der Waals surface area contributed by atoms with Gasteiger partial charge in [0.05, 0.1) is 11.9 Å². The third-order valence-electron chi connectivity index (χ3n) is 3.43. The summed E-state index contributed by atoms with van der Waals surface area (Å²) in [6, 6.07) is 9.99. The van der Waals surface area contributed by atoms with Crippen molar-refractivity contribution in [1.29, 1.82) is 0 Å². The zero-order valence-corrected chi connectivity index (χ0v) is 13.6. The fraction of sp³-hybridized carbons (Fsp3) is 0.333. The smallest absolute Gasteiger partial charge is 0.274 e. The van der Waals surface area contributed by atoms with Crippen molar-refractivity contribution < 1.29 is 4.79 Å². The average molecular weight is 297 g/mol. The number of benzene rings is 1. The van der Waals surface area contributed by atoms with Crippen molar-refractivity contribution in [2.24, 2.45) is 0 Å². The molecule has 1 amide bonds. The summed E-state index contributed by atoms with van der Waals surface area (Å²) in [6.45, 7) is 8.20. The molecule has 0 unspecified atom stereocenters. The first-order valence-corrected chi connectivity index (χ1v) is 7.63. The summed E-state index contributed by atoms with van der Waals surface area (Å²) in [4.78, 5) is 16.6. The fourth-order valence-corrected chi connectivity index (χ4v) is 2.33. The second kappa shape index (κ2) is 7.07. The largest absolute Gasteiger partial charge is 0.382 e. The second-order valence-electron chi connectivity index (χ2n) is 5.65. The van der Waals surface area contributed by atoms with Crippen LogP contribution in [0.2, 0.25) is 0 Å². The number of hydrogen-bond donors (Lipinski definition) is 2. The van der Waals surface area contributed by atoms with E-state index in [9.17, 15) is 4.79 Å². The molecule has 0 spiro atoms. The van der Waals surface area contributed by atoms with Gasteiger partial charge in [-0.3, -0.25) is 4.79 Å². The quantitative estimate of drug-likeness (QED) is 0.876. The van der Waals surface area contributed by atoms with Gasteiger partial charge < -0.3 is 10.6 Å². The lowest BCUT2D eigenvalue weighted by Gasteiger charge is -2.13. The molecule has 0 atom stereocenters. The molecule has 1 heterocycles. The molecule has 22 heavy (non-hydrogen) atoms. The Labute approximate surface area is 132 Å². The zero-order valence-electron chi connectivity index (χ0n) is 13.6. The third kappa shape index (κ3) is 3.85. The number of carbonyl (C=O) groups is 1. The van der Waals surface area contributed by atoms with Crippen LogP contribution in [-0.4, -0.2) is 16.9 Å². The van der Waals surface area contributed by atoms with Crippen LogP contribution in [0.15, 0.2) is 36.5 Å². The van der Waals surface area contributed by atoms with E-state index >= 15 is 0 Å². The van der Waals surface area contributed by atoms with Crippen LogP contribution in [0, 0.1) is 6.92 Å². The summed E-state index contributed by atoms with van der Waals surface area (Å²) in [5.41, 5.74) is 4.41. The van der Waals surface area contributed by atoms with E-state index in [0.29, 0.717) is 11.7 Å². The van der Waals surface area contributed by atoms with E-state index in [1.807, 2.05) is 31.2 Å². The number of rotatable bonds is 5. The number of aryl methyl sites for hydroxylation is 2. The van der Waals surface area contributed by atoms with Gasteiger partial charge in [0.2, 0.25) is 0 Å². The summed E-state index contributed by atoms with van der Waals surface area (Å²) in [7, 11) is 0. The molecule has 0 aliphatic carbocycles. The maximum Gasteiger partial charge on any atom is 0.274 e. The first-order chi connectivity index (χ1) is 10.5. The van der Waals surface area contributed by atoms with Crippen molar-refractivity contribution in [3.05, 3.63) is 53.3 Å². The SMILES string of the molecule is CCc1cccc(C)c1NC(=O)c1ccc(NC(C)C)cn1. The molecule has 4 heteroatoms. The second-order valence-corrected chi connectivity index (χ2v) is 5.65. The highest BCUT2D eigenvalue weighted by molar-refractivity contribution is 6.03. The van der Waals surface area contributed by atoms with E-state index in [1.54, 1.807) is 12.3 Å². The molecule has 1 aromatic heterocycles. The Morgan fingerprint density at radius 2 is 2.00 bits per heavy atom. The normalized spacial score (nSPS) is 10.6. The van der Waals surface area contributed by atoms with Gasteiger partial charge in [0, 0.05) is 11.7 Å². The van der Waals surface area contributed by atoms with Crippen molar-refractivity contribution in [2.75, 3.05) is 10.6 Å². The number of anilines is 2. The van der Waals surface area contributed by atoms with Crippen molar-refractivity contribution in [3.8, 4) is 0 Å². The van der Waals surface area contributed by atoms with Crippen LogP contribution in [0.25, 0.3) is 0 Å². The molecular weight excluding hydrogens is 274 g/mol. The van der Waals surface area contributed by atoms with Crippen LogP contribution in [0.5, 0.6) is 0 Å². The number of hydrogen-bond acceptors (Lipinski definition) is 3. The molecule has 0 aliphatic rings. The van der Waals surface area contributed by atoms with Gasteiger partial charge in [0.15, 0.2) is 0 Å². The van der Waals surface area contributed by atoms with E-state index in [2.05, 4.69) is 36.4 Å². The minimum Gasteiger partial charge on any atom is -0.382 e.